The number of hydrogen-bond acceptors (Lipinski definition) is 4. The van der Waals surface area contributed by atoms with Gasteiger partial charge in [-0.05, 0) is 37.1 Å². The molecule has 136 valence electrons. The first-order valence-corrected chi connectivity index (χ1v) is 8.92. The van der Waals surface area contributed by atoms with Crippen LogP contribution in [0.3, 0.4) is 0 Å². The molecule has 0 unspecified atom stereocenters. The van der Waals surface area contributed by atoms with Gasteiger partial charge >= 0.3 is 0 Å². The van der Waals surface area contributed by atoms with Crippen LogP contribution >= 0.6 is 0 Å². The van der Waals surface area contributed by atoms with Crippen LogP contribution in [0.2, 0.25) is 0 Å². The van der Waals surface area contributed by atoms with Crippen molar-refractivity contribution in [3.63, 3.8) is 0 Å². The summed E-state index contributed by atoms with van der Waals surface area (Å²) in [6, 6.07) is 10.9. The molecule has 0 bridgehead atoms. The van der Waals surface area contributed by atoms with E-state index in [0.29, 0.717) is 29.5 Å². The Labute approximate surface area is 153 Å². The van der Waals surface area contributed by atoms with Gasteiger partial charge in [0, 0.05) is 19.2 Å². The lowest BCUT2D eigenvalue weighted by Gasteiger charge is -2.27. The van der Waals surface area contributed by atoms with Crippen LogP contribution in [-0.2, 0) is 11.3 Å². The van der Waals surface area contributed by atoms with E-state index in [9.17, 15) is 9.59 Å². The predicted molar refractivity (Wildman–Crippen MR) is 102 cm³/mol. The first-order chi connectivity index (χ1) is 12.5. The fraction of sp³-hybridized carbons (Fsp3) is 0.350. The van der Waals surface area contributed by atoms with Crippen molar-refractivity contribution in [1.82, 2.24) is 9.88 Å². The predicted octanol–water partition coefficient (Wildman–Crippen LogP) is 3.21. The maximum atomic E-state index is 12.3. The average Bonchev–Trinajstić information content (AvgIpc) is 3.16. The van der Waals surface area contributed by atoms with Crippen molar-refractivity contribution in [2.75, 3.05) is 11.1 Å². The van der Waals surface area contributed by atoms with Gasteiger partial charge in [0.05, 0.1) is 29.2 Å². The van der Waals surface area contributed by atoms with Gasteiger partial charge in [-0.2, -0.15) is 0 Å². The monoisotopic (exact) mass is 352 g/mol. The minimum absolute atomic E-state index is 0.0695. The number of aromatic nitrogens is 1. The van der Waals surface area contributed by atoms with Crippen LogP contribution in [-0.4, -0.2) is 27.7 Å². The van der Waals surface area contributed by atoms with Crippen molar-refractivity contribution < 1.29 is 9.59 Å². The summed E-state index contributed by atoms with van der Waals surface area (Å²) in [6.45, 7) is 2.08. The van der Waals surface area contributed by atoms with Crippen molar-refractivity contribution in [2.24, 2.45) is 0 Å². The Balaban J connectivity index is 1.66. The van der Waals surface area contributed by atoms with E-state index in [-0.39, 0.29) is 11.8 Å². The number of anilines is 2. The highest BCUT2D eigenvalue weighted by molar-refractivity contribution is 6.05. The molecule has 2 aromatic rings. The molecule has 26 heavy (non-hydrogen) atoms. The molecule has 3 N–H and O–H groups in total. The van der Waals surface area contributed by atoms with E-state index in [0.717, 1.165) is 18.5 Å². The summed E-state index contributed by atoms with van der Waals surface area (Å²) in [4.78, 5) is 30.6. The molecule has 0 aliphatic heterocycles. The first-order valence-electron chi connectivity index (χ1n) is 8.92. The second-order valence-electron chi connectivity index (χ2n) is 6.66. The van der Waals surface area contributed by atoms with E-state index in [1.807, 2.05) is 17.0 Å². The number of benzene rings is 1. The third kappa shape index (κ3) is 4.20. The lowest BCUT2D eigenvalue weighted by molar-refractivity contribution is -0.131. The highest BCUT2D eigenvalue weighted by Gasteiger charge is 2.24. The summed E-state index contributed by atoms with van der Waals surface area (Å²) in [5.41, 5.74) is 8.17. The number of carbonyl (C=O) groups is 2. The number of pyridine rings is 1. The van der Waals surface area contributed by atoms with Gasteiger partial charge in [-0.15, -0.1) is 0 Å². The number of rotatable bonds is 5. The van der Waals surface area contributed by atoms with E-state index < -0.39 is 0 Å². The zero-order valence-corrected chi connectivity index (χ0v) is 14.9. The highest BCUT2D eigenvalue weighted by atomic mass is 16.2. The van der Waals surface area contributed by atoms with Crippen LogP contribution in [0, 0.1) is 0 Å². The molecule has 0 radical (unpaired) electrons. The summed E-state index contributed by atoms with van der Waals surface area (Å²) in [6.07, 6.45) is 5.99. The van der Waals surface area contributed by atoms with E-state index in [2.05, 4.69) is 10.3 Å². The zero-order valence-electron chi connectivity index (χ0n) is 14.9. The van der Waals surface area contributed by atoms with Gasteiger partial charge in [0.25, 0.3) is 5.91 Å². The van der Waals surface area contributed by atoms with E-state index in [1.165, 1.54) is 19.0 Å². The minimum Gasteiger partial charge on any atom is -0.397 e. The molecule has 1 aromatic carbocycles. The summed E-state index contributed by atoms with van der Waals surface area (Å²) < 4.78 is 0. The largest absolute Gasteiger partial charge is 0.397 e. The number of carbonyl (C=O) groups excluding carboxylic acids is 2. The van der Waals surface area contributed by atoms with Crippen LogP contribution in [0.25, 0.3) is 0 Å². The maximum absolute atomic E-state index is 12.3. The SMILES string of the molecule is CC(=O)N(Cc1ccc(C(=O)Nc2ccccc2N)cn1)C1CCCC1. The zero-order chi connectivity index (χ0) is 18.5. The van der Waals surface area contributed by atoms with E-state index in [1.54, 1.807) is 31.2 Å². The van der Waals surface area contributed by atoms with Crippen LogP contribution in [0.15, 0.2) is 42.6 Å². The maximum Gasteiger partial charge on any atom is 0.257 e. The van der Waals surface area contributed by atoms with Crippen molar-refractivity contribution in [3.8, 4) is 0 Å². The van der Waals surface area contributed by atoms with Crippen LogP contribution in [0.5, 0.6) is 0 Å². The molecule has 6 nitrogen and oxygen atoms in total. The Morgan fingerprint density at radius 3 is 2.54 bits per heavy atom. The Hall–Kier alpha value is -2.89. The van der Waals surface area contributed by atoms with Crippen LogP contribution < -0.4 is 11.1 Å². The quantitative estimate of drug-likeness (QED) is 0.809. The summed E-state index contributed by atoms with van der Waals surface area (Å²) in [5, 5.41) is 2.78. The number of amides is 2. The molecule has 1 fully saturated rings. The molecule has 1 aliphatic carbocycles. The average molecular weight is 352 g/mol. The molecular weight excluding hydrogens is 328 g/mol. The number of nitrogens with two attached hydrogens (primary N) is 1. The number of nitrogen functional groups attached to an aromatic ring is 1. The van der Waals surface area contributed by atoms with Gasteiger partial charge < -0.3 is 16.0 Å². The molecule has 0 saturated heterocycles. The Bertz CT molecular complexity index is 783. The number of nitrogens with zero attached hydrogens (tertiary/aromatic N) is 2. The van der Waals surface area contributed by atoms with Gasteiger partial charge in [-0.3, -0.25) is 14.6 Å². The first kappa shape index (κ1) is 17.9. The highest BCUT2D eigenvalue weighted by Crippen LogP contribution is 2.25. The van der Waals surface area contributed by atoms with Crippen molar-refractivity contribution >= 4 is 23.2 Å². The molecule has 3 rings (SSSR count). The van der Waals surface area contributed by atoms with Gasteiger partial charge in [-0.1, -0.05) is 25.0 Å². The second-order valence-corrected chi connectivity index (χ2v) is 6.66. The minimum atomic E-state index is -0.263. The van der Waals surface area contributed by atoms with Crippen molar-refractivity contribution in [1.29, 1.82) is 0 Å². The van der Waals surface area contributed by atoms with E-state index >= 15 is 0 Å². The molecule has 1 aliphatic rings. The molecule has 0 spiro atoms. The van der Waals surface area contributed by atoms with Crippen LogP contribution in [0.4, 0.5) is 11.4 Å². The topological polar surface area (TPSA) is 88.3 Å². The van der Waals surface area contributed by atoms with Gasteiger partial charge in [-0.25, -0.2) is 0 Å². The third-order valence-corrected chi connectivity index (χ3v) is 4.80. The molecule has 1 aromatic heterocycles. The van der Waals surface area contributed by atoms with Gasteiger partial charge in [0.2, 0.25) is 5.91 Å². The summed E-state index contributed by atoms with van der Waals surface area (Å²) in [5.74, 6) is -0.193. The fourth-order valence-electron chi connectivity index (χ4n) is 3.35. The number of hydrogen-bond donors (Lipinski definition) is 2. The van der Waals surface area contributed by atoms with Gasteiger partial charge in [0.1, 0.15) is 0 Å². The number of nitrogens with one attached hydrogen (secondary N) is 1. The lowest BCUT2D eigenvalue weighted by atomic mass is 10.1. The third-order valence-electron chi connectivity index (χ3n) is 4.80. The molecule has 2 amide bonds. The smallest absolute Gasteiger partial charge is 0.257 e. The summed E-state index contributed by atoms with van der Waals surface area (Å²) in [7, 11) is 0. The molecular formula is C20H24N4O2. The second kappa shape index (κ2) is 7.99. The van der Waals surface area contributed by atoms with Crippen LogP contribution in [0.1, 0.15) is 48.7 Å². The molecule has 1 heterocycles. The summed E-state index contributed by atoms with van der Waals surface area (Å²) >= 11 is 0. The van der Waals surface area contributed by atoms with Crippen molar-refractivity contribution in [3.05, 3.63) is 53.9 Å². The Morgan fingerprint density at radius 1 is 1.19 bits per heavy atom. The normalized spacial score (nSPS) is 14.2. The Morgan fingerprint density at radius 2 is 1.92 bits per heavy atom. The Kier molecular flexibility index (Phi) is 5.51. The molecule has 1 saturated carbocycles. The fourth-order valence-corrected chi connectivity index (χ4v) is 3.35. The molecule has 0 atom stereocenters. The van der Waals surface area contributed by atoms with Gasteiger partial charge in [0.15, 0.2) is 0 Å². The molecule has 6 heteroatoms. The van der Waals surface area contributed by atoms with E-state index in [4.69, 9.17) is 5.73 Å². The number of para-hydroxylation sites is 2. The standard InChI is InChI=1S/C20H24N4O2/c1-14(25)24(17-6-2-3-7-17)13-16-11-10-15(12-22-16)20(26)23-19-9-5-4-8-18(19)21/h4-5,8-12,17H,2-3,6-7,13,21H2,1H3,(H,23,26). The lowest BCUT2D eigenvalue weighted by Crippen LogP contribution is -2.36. The van der Waals surface area contributed by atoms with Crippen molar-refractivity contribution in [2.45, 2.75) is 45.2 Å².